The topological polar surface area (TPSA) is 142 Å². The molecule has 2 amide bonds. The summed E-state index contributed by atoms with van der Waals surface area (Å²) in [5, 5.41) is 33.6. The molecule has 38 heavy (non-hydrogen) atoms. The van der Waals surface area contributed by atoms with Gasteiger partial charge in [0.2, 0.25) is 11.8 Å². The lowest BCUT2D eigenvalue weighted by Crippen LogP contribution is -2.56. The van der Waals surface area contributed by atoms with Crippen LogP contribution in [0.3, 0.4) is 0 Å². The molecule has 1 saturated carbocycles. The number of furan rings is 1. The fraction of sp³-hybridized carbons (Fsp3) is 0.500. The summed E-state index contributed by atoms with van der Waals surface area (Å²) in [4.78, 5) is 28.8. The van der Waals surface area contributed by atoms with E-state index in [0.29, 0.717) is 28.2 Å². The molecule has 0 bridgehead atoms. The van der Waals surface area contributed by atoms with Gasteiger partial charge in [-0.05, 0) is 42.7 Å². The van der Waals surface area contributed by atoms with Crippen molar-refractivity contribution in [2.24, 2.45) is 5.92 Å². The number of benzene rings is 1. The Morgan fingerprint density at radius 1 is 1.18 bits per heavy atom. The zero-order valence-corrected chi connectivity index (χ0v) is 21.3. The van der Waals surface area contributed by atoms with E-state index >= 15 is 0 Å². The highest BCUT2D eigenvalue weighted by Crippen LogP contribution is 2.51. The summed E-state index contributed by atoms with van der Waals surface area (Å²) in [6.45, 7) is -0.218. The molecule has 4 atom stereocenters. The lowest BCUT2D eigenvalue weighted by Gasteiger charge is -2.41. The highest BCUT2D eigenvalue weighted by Gasteiger charge is 2.52. The number of amides is 2. The Hall–Kier alpha value is -3.34. The molecule has 2 aliphatic carbocycles. The number of hydrogen-bond acceptors (Lipinski definition) is 8. The van der Waals surface area contributed by atoms with E-state index < -0.39 is 30.1 Å². The average molecular weight is 527 g/mol. The van der Waals surface area contributed by atoms with Gasteiger partial charge in [-0.15, -0.1) is 0 Å². The van der Waals surface area contributed by atoms with Gasteiger partial charge in [-0.25, -0.2) is 0 Å². The van der Waals surface area contributed by atoms with Crippen molar-refractivity contribution in [3.8, 4) is 11.5 Å². The van der Waals surface area contributed by atoms with Crippen molar-refractivity contribution in [1.82, 2.24) is 10.2 Å². The molecule has 3 aliphatic rings. The smallest absolute Gasteiger partial charge is 0.247 e. The van der Waals surface area contributed by atoms with Crippen LogP contribution in [0.15, 0.2) is 46.8 Å². The molecule has 1 fully saturated rings. The lowest BCUT2D eigenvalue weighted by molar-refractivity contribution is -0.142. The first-order valence-electron chi connectivity index (χ1n) is 13.1. The number of nitrogens with one attached hydrogen (secondary N) is 1. The van der Waals surface area contributed by atoms with Crippen LogP contribution in [-0.4, -0.2) is 70.5 Å². The molecule has 0 saturated heterocycles. The Balaban J connectivity index is 1.59. The number of rotatable bonds is 9. The number of fused-ring (bicyclic) bond motifs is 3. The largest absolute Gasteiger partial charge is 0.493 e. The molecular weight excluding hydrogens is 492 g/mol. The zero-order valence-electron chi connectivity index (χ0n) is 21.3. The van der Waals surface area contributed by atoms with Gasteiger partial charge in [-0.3, -0.25) is 9.59 Å². The molecule has 0 unspecified atom stereocenters. The summed E-state index contributed by atoms with van der Waals surface area (Å²) in [6, 6.07) is 4.33. The maximum absolute atomic E-state index is 13.8. The van der Waals surface area contributed by atoms with Gasteiger partial charge in [0, 0.05) is 35.7 Å². The number of methoxy groups -OCH3 is 1. The van der Waals surface area contributed by atoms with Crippen LogP contribution in [0.25, 0.3) is 0 Å². The van der Waals surface area contributed by atoms with E-state index in [1.165, 1.54) is 13.4 Å². The van der Waals surface area contributed by atoms with E-state index in [0.717, 1.165) is 31.2 Å². The Morgan fingerprint density at radius 2 is 1.97 bits per heavy atom. The molecule has 1 aromatic carbocycles. The van der Waals surface area contributed by atoms with Crippen molar-refractivity contribution in [1.29, 1.82) is 0 Å². The number of hydrogen-bond donors (Lipinski definition) is 4. The third-order valence-electron chi connectivity index (χ3n) is 7.78. The first kappa shape index (κ1) is 26.3. The van der Waals surface area contributed by atoms with Crippen molar-refractivity contribution >= 4 is 11.8 Å². The lowest BCUT2D eigenvalue weighted by atomic mass is 9.77. The van der Waals surface area contributed by atoms with Crippen LogP contribution in [0.5, 0.6) is 11.5 Å². The fourth-order valence-corrected chi connectivity index (χ4v) is 5.94. The van der Waals surface area contributed by atoms with Crippen LogP contribution in [0.4, 0.5) is 0 Å². The number of carbonyl (C=O) groups is 2. The summed E-state index contributed by atoms with van der Waals surface area (Å²) in [7, 11) is 1.49. The van der Waals surface area contributed by atoms with Crippen molar-refractivity contribution in [2.75, 3.05) is 20.3 Å². The molecule has 1 aliphatic heterocycles. The molecule has 10 heteroatoms. The fourth-order valence-electron chi connectivity index (χ4n) is 5.94. The molecule has 0 spiro atoms. The van der Waals surface area contributed by atoms with Crippen molar-refractivity contribution in [3.63, 3.8) is 0 Å². The number of aliphatic hydroxyl groups is 3. The normalized spacial score (nSPS) is 24.3. The SMILES string of the molecule is COc1cc(CO)cc2c1O[C@@H]1[C@@H](O)[C@H](N(Cc3ccoc3)C(=O)C3CCCC3)C=C(C(=O)NCCO)[C@H]21. The molecule has 0 radical (unpaired) electrons. The maximum Gasteiger partial charge on any atom is 0.247 e. The van der Waals surface area contributed by atoms with Crippen LogP contribution in [0.2, 0.25) is 0 Å². The van der Waals surface area contributed by atoms with Gasteiger partial charge in [-0.1, -0.05) is 12.8 Å². The molecule has 10 nitrogen and oxygen atoms in total. The second-order valence-electron chi connectivity index (χ2n) is 10.1. The number of ether oxygens (including phenoxy) is 2. The number of aliphatic hydroxyl groups excluding tert-OH is 3. The van der Waals surface area contributed by atoms with E-state index in [1.807, 2.05) is 0 Å². The van der Waals surface area contributed by atoms with Crippen LogP contribution < -0.4 is 14.8 Å². The van der Waals surface area contributed by atoms with Gasteiger partial charge in [0.25, 0.3) is 0 Å². The summed E-state index contributed by atoms with van der Waals surface area (Å²) in [5.74, 6) is -0.532. The zero-order chi connectivity index (χ0) is 26.8. The molecule has 5 rings (SSSR count). The Morgan fingerprint density at radius 3 is 2.63 bits per heavy atom. The van der Waals surface area contributed by atoms with E-state index in [-0.39, 0.29) is 38.1 Å². The van der Waals surface area contributed by atoms with E-state index in [9.17, 15) is 24.9 Å². The number of carbonyl (C=O) groups excluding carboxylic acids is 2. The number of nitrogens with zero attached hydrogens (tertiary/aromatic N) is 1. The van der Waals surface area contributed by atoms with Gasteiger partial charge in [0.1, 0.15) is 12.2 Å². The molecule has 2 aromatic rings. The molecule has 2 heterocycles. The predicted octanol–water partition coefficient (Wildman–Crippen LogP) is 1.62. The predicted molar refractivity (Wildman–Crippen MR) is 135 cm³/mol. The Bertz CT molecular complexity index is 1190. The van der Waals surface area contributed by atoms with Gasteiger partial charge >= 0.3 is 0 Å². The van der Waals surface area contributed by atoms with Crippen molar-refractivity contribution in [2.45, 2.75) is 63.0 Å². The van der Waals surface area contributed by atoms with Crippen LogP contribution in [-0.2, 0) is 22.7 Å². The quantitative estimate of drug-likeness (QED) is 0.386. The summed E-state index contributed by atoms with van der Waals surface area (Å²) >= 11 is 0. The average Bonchev–Trinajstić information content (AvgIpc) is 3.71. The minimum absolute atomic E-state index is 0.0498. The van der Waals surface area contributed by atoms with Gasteiger partial charge < -0.3 is 39.4 Å². The van der Waals surface area contributed by atoms with E-state index in [4.69, 9.17) is 13.9 Å². The van der Waals surface area contributed by atoms with Crippen LogP contribution >= 0.6 is 0 Å². The van der Waals surface area contributed by atoms with Gasteiger partial charge in [0.05, 0.1) is 44.8 Å². The third kappa shape index (κ3) is 4.79. The van der Waals surface area contributed by atoms with Gasteiger partial charge in [-0.2, -0.15) is 0 Å². The Labute approximate surface area is 220 Å². The van der Waals surface area contributed by atoms with Crippen molar-refractivity contribution < 1.29 is 38.8 Å². The second kappa shape index (κ2) is 11.2. The first-order valence-corrected chi connectivity index (χ1v) is 13.1. The molecular formula is C28H34N2O8. The Kier molecular flexibility index (Phi) is 7.73. The second-order valence-corrected chi connectivity index (χ2v) is 10.1. The summed E-state index contributed by atoms with van der Waals surface area (Å²) in [6.07, 6.45) is 6.25. The van der Waals surface area contributed by atoms with Crippen molar-refractivity contribution in [3.05, 3.63) is 59.1 Å². The molecule has 4 N–H and O–H groups in total. The summed E-state index contributed by atoms with van der Waals surface area (Å²) < 4.78 is 17.0. The highest BCUT2D eigenvalue weighted by molar-refractivity contribution is 5.96. The molecule has 204 valence electrons. The third-order valence-corrected chi connectivity index (χ3v) is 7.78. The summed E-state index contributed by atoms with van der Waals surface area (Å²) in [5.41, 5.74) is 2.29. The maximum atomic E-state index is 13.8. The van der Waals surface area contributed by atoms with E-state index in [2.05, 4.69) is 5.32 Å². The minimum atomic E-state index is -1.15. The monoisotopic (exact) mass is 526 g/mol. The van der Waals surface area contributed by atoms with E-state index in [1.54, 1.807) is 35.4 Å². The highest BCUT2D eigenvalue weighted by atomic mass is 16.5. The van der Waals surface area contributed by atoms with Gasteiger partial charge in [0.15, 0.2) is 11.5 Å². The standard InChI is InChI=1S/C28H34N2O8/c1-36-22-11-17(14-32)10-19-23-20(27(34)29-7-8-31)12-21(24(33)26(23)38-25(19)22)30(13-16-6-9-37-15-16)28(35)18-4-2-3-5-18/h6,9-12,15,18,21,23-24,26,31-33H,2-5,7-8,13-14H2,1H3,(H,29,34)/t21-,23+,24+,26+/m1/s1. The van der Waals surface area contributed by atoms with Crippen LogP contribution in [0.1, 0.15) is 48.3 Å². The molecule has 1 aromatic heterocycles. The first-order chi connectivity index (χ1) is 18.5. The van der Waals surface area contributed by atoms with Crippen LogP contribution in [0, 0.1) is 5.92 Å². The minimum Gasteiger partial charge on any atom is -0.493 e.